The smallest absolute Gasteiger partial charge is 0.223 e. The van der Waals surface area contributed by atoms with E-state index in [9.17, 15) is 4.79 Å². The van der Waals surface area contributed by atoms with Gasteiger partial charge in [-0.15, -0.1) is 0 Å². The Balaban J connectivity index is 1.47. The van der Waals surface area contributed by atoms with Crippen LogP contribution < -0.4 is 5.32 Å². The standard InChI is InChI=1S/C12H21NO/c14-12(11-7-2-8-11)13-9-3-6-10-4-1-5-10/h10-11H,1-9H2,(H,13,14). The van der Waals surface area contributed by atoms with Gasteiger partial charge in [0.05, 0.1) is 0 Å². The predicted octanol–water partition coefficient (Wildman–Crippen LogP) is 2.48. The highest BCUT2D eigenvalue weighted by Crippen LogP contribution is 2.30. The molecule has 2 aliphatic carbocycles. The maximum atomic E-state index is 11.4. The van der Waals surface area contributed by atoms with Crippen LogP contribution in [0.3, 0.4) is 0 Å². The van der Waals surface area contributed by atoms with Crippen LogP contribution in [-0.2, 0) is 4.79 Å². The van der Waals surface area contributed by atoms with Crippen molar-refractivity contribution in [1.82, 2.24) is 5.32 Å². The lowest BCUT2D eigenvalue weighted by molar-refractivity contribution is -0.127. The fraction of sp³-hybridized carbons (Fsp3) is 0.917. The van der Waals surface area contributed by atoms with E-state index in [0.717, 1.165) is 25.3 Å². The lowest BCUT2D eigenvalue weighted by atomic mass is 9.82. The summed E-state index contributed by atoms with van der Waals surface area (Å²) < 4.78 is 0. The average Bonchev–Trinajstić information content (AvgIpc) is 1.97. The largest absolute Gasteiger partial charge is 0.356 e. The predicted molar refractivity (Wildman–Crippen MR) is 56.9 cm³/mol. The number of carbonyl (C=O) groups is 1. The summed E-state index contributed by atoms with van der Waals surface area (Å²) in [6.45, 7) is 0.909. The van der Waals surface area contributed by atoms with E-state index in [4.69, 9.17) is 0 Å². The van der Waals surface area contributed by atoms with Gasteiger partial charge < -0.3 is 5.32 Å². The lowest BCUT2D eigenvalue weighted by Crippen LogP contribution is -2.35. The van der Waals surface area contributed by atoms with Gasteiger partial charge >= 0.3 is 0 Å². The van der Waals surface area contributed by atoms with E-state index in [0.29, 0.717) is 11.8 Å². The Hall–Kier alpha value is -0.530. The summed E-state index contributed by atoms with van der Waals surface area (Å²) in [6, 6.07) is 0. The summed E-state index contributed by atoms with van der Waals surface area (Å²) in [5, 5.41) is 3.05. The molecule has 2 aliphatic rings. The minimum atomic E-state index is 0.310. The van der Waals surface area contributed by atoms with Crippen molar-refractivity contribution in [2.24, 2.45) is 11.8 Å². The fourth-order valence-electron chi connectivity index (χ4n) is 2.20. The highest BCUT2D eigenvalue weighted by molar-refractivity contribution is 5.79. The van der Waals surface area contributed by atoms with Crippen LogP contribution in [0.1, 0.15) is 51.4 Å². The van der Waals surface area contributed by atoms with Crippen LogP contribution in [-0.4, -0.2) is 12.5 Å². The van der Waals surface area contributed by atoms with E-state index in [1.807, 2.05) is 0 Å². The number of hydrogen-bond donors (Lipinski definition) is 1. The highest BCUT2D eigenvalue weighted by atomic mass is 16.1. The zero-order chi connectivity index (χ0) is 9.80. The summed E-state index contributed by atoms with van der Waals surface area (Å²) in [7, 11) is 0. The quantitative estimate of drug-likeness (QED) is 0.671. The molecule has 0 saturated heterocycles. The van der Waals surface area contributed by atoms with E-state index >= 15 is 0 Å². The second-order valence-corrected chi connectivity index (χ2v) is 4.86. The Morgan fingerprint density at radius 3 is 2.36 bits per heavy atom. The number of amides is 1. The van der Waals surface area contributed by atoms with Gasteiger partial charge in [-0.1, -0.05) is 25.7 Å². The lowest BCUT2D eigenvalue weighted by Gasteiger charge is -2.26. The molecule has 0 unspecified atom stereocenters. The van der Waals surface area contributed by atoms with Crippen LogP contribution in [0.2, 0.25) is 0 Å². The van der Waals surface area contributed by atoms with Crippen molar-refractivity contribution in [2.45, 2.75) is 51.4 Å². The Bertz CT molecular complexity index is 194. The first-order valence-corrected chi connectivity index (χ1v) is 6.14. The van der Waals surface area contributed by atoms with Crippen LogP contribution in [0.5, 0.6) is 0 Å². The molecule has 0 aromatic heterocycles. The van der Waals surface area contributed by atoms with Gasteiger partial charge in [0, 0.05) is 12.5 Å². The van der Waals surface area contributed by atoms with Crippen molar-refractivity contribution in [3.05, 3.63) is 0 Å². The molecule has 2 nitrogen and oxygen atoms in total. The molecule has 1 amide bonds. The van der Waals surface area contributed by atoms with Crippen molar-refractivity contribution in [2.75, 3.05) is 6.54 Å². The topological polar surface area (TPSA) is 29.1 Å². The monoisotopic (exact) mass is 195 g/mol. The third kappa shape index (κ3) is 2.49. The van der Waals surface area contributed by atoms with Crippen LogP contribution in [0.15, 0.2) is 0 Å². The third-order valence-corrected chi connectivity index (χ3v) is 3.79. The first-order chi connectivity index (χ1) is 6.86. The SMILES string of the molecule is O=C(NCCCC1CCC1)C1CCC1. The molecule has 1 N–H and O–H groups in total. The van der Waals surface area contributed by atoms with E-state index in [-0.39, 0.29) is 0 Å². The molecule has 0 atom stereocenters. The first-order valence-electron chi connectivity index (χ1n) is 6.14. The molecule has 2 fully saturated rings. The molecule has 0 aromatic carbocycles. The summed E-state index contributed by atoms with van der Waals surface area (Å²) in [6.07, 6.45) is 10.3. The van der Waals surface area contributed by atoms with Crippen molar-refractivity contribution in [3.8, 4) is 0 Å². The second-order valence-electron chi connectivity index (χ2n) is 4.86. The van der Waals surface area contributed by atoms with Gasteiger partial charge in [0.1, 0.15) is 0 Å². The normalized spacial score (nSPS) is 22.6. The summed E-state index contributed by atoms with van der Waals surface area (Å²) >= 11 is 0. The zero-order valence-corrected chi connectivity index (χ0v) is 8.93. The molecule has 0 aromatic rings. The van der Waals surface area contributed by atoms with Gasteiger partial charge in [0.25, 0.3) is 0 Å². The molecule has 0 aliphatic heterocycles. The van der Waals surface area contributed by atoms with E-state index < -0.39 is 0 Å². The summed E-state index contributed by atoms with van der Waals surface area (Å²) in [5.74, 6) is 1.65. The van der Waals surface area contributed by atoms with Crippen molar-refractivity contribution in [1.29, 1.82) is 0 Å². The Morgan fingerprint density at radius 2 is 1.86 bits per heavy atom. The molecular formula is C12H21NO. The van der Waals surface area contributed by atoms with Crippen LogP contribution >= 0.6 is 0 Å². The van der Waals surface area contributed by atoms with E-state index in [1.165, 1.54) is 38.5 Å². The molecule has 0 bridgehead atoms. The van der Waals surface area contributed by atoms with Gasteiger partial charge in [-0.05, 0) is 31.6 Å². The molecule has 2 heteroatoms. The molecule has 0 spiro atoms. The van der Waals surface area contributed by atoms with Gasteiger partial charge in [-0.25, -0.2) is 0 Å². The van der Waals surface area contributed by atoms with Gasteiger partial charge in [-0.2, -0.15) is 0 Å². The summed E-state index contributed by atoms with van der Waals surface area (Å²) in [5.41, 5.74) is 0. The minimum Gasteiger partial charge on any atom is -0.356 e. The van der Waals surface area contributed by atoms with Crippen LogP contribution in [0.25, 0.3) is 0 Å². The number of nitrogens with one attached hydrogen (secondary N) is 1. The van der Waals surface area contributed by atoms with E-state index in [2.05, 4.69) is 5.32 Å². The van der Waals surface area contributed by atoms with Gasteiger partial charge in [0.2, 0.25) is 5.91 Å². The second kappa shape index (κ2) is 4.81. The average molecular weight is 195 g/mol. The Morgan fingerprint density at radius 1 is 1.14 bits per heavy atom. The molecule has 0 heterocycles. The van der Waals surface area contributed by atoms with Crippen LogP contribution in [0.4, 0.5) is 0 Å². The van der Waals surface area contributed by atoms with E-state index in [1.54, 1.807) is 0 Å². The highest BCUT2D eigenvalue weighted by Gasteiger charge is 2.24. The third-order valence-electron chi connectivity index (χ3n) is 3.79. The first kappa shape index (κ1) is 10.0. The molecule has 2 saturated carbocycles. The minimum absolute atomic E-state index is 0.310. The Kier molecular flexibility index (Phi) is 3.44. The van der Waals surface area contributed by atoms with Crippen LogP contribution in [0, 0.1) is 11.8 Å². The van der Waals surface area contributed by atoms with Crippen molar-refractivity contribution in [3.63, 3.8) is 0 Å². The molecule has 2 rings (SSSR count). The summed E-state index contributed by atoms with van der Waals surface area (Å²) in [4.78, 5) is 11.4. The number of carbonyl (C=O) groups excluding carboxylic acids is 1. The number of hydrogen-bond acceptors (Lipinski definition) is 1. The molecule has 14 heavy (non-hydrogen) atoms. The Labute approximate surface area is 86.5 Å². The van der Waals surface area contributed by atoms with Crippen molar-refractivity contribution >= 4 is 5.91 Å². The maximum absolute atomic E-state index is 11.4. The molecule has 80 valence electrons. The van der Waals surface area contributed by atoms with Crippen molar-refractivity contribution < 1.29 is 4.79 Å². The maximum Gasteiger partial charge on any atom is 0.223 e. The zero-order valence-electron chi connectivity index (χ0n) is 8.93. The molecular weight excluding hydrogens is 174 g/mol. The van der Waals surface area contributed by atoms with Gasteiger partial charge in [0.15, 0.2) is 0 Å². The fourth-order valence-corrected chi connectivity index (χ4v) is 2.20. The number of rotatable bonds is 5. The van der Waals surface area contributed by atoms with Gasteiger partial charge in [-0.3, -0.25) is 4.79 Å². The molecule has 0 radical (unpaired) electrons.